The maximum Gasteiger partial charge on any atom is 0.636 e. The Hall–Kier alpha value is -1.79. The molecule has 1 saturated heterocycles. The van der Waals surface area contributed by atoms with Crippen molar-refractivity contribution in [3.63, 3.8) is 0 Å². The van der Waals surface area contributed by atoms with Gasteiger partial charge in [0.25, 0.3) is 0 Å². The van der Waals surface area contributed by atoms with Gasteiger partial charge in [0, 0.05) is 5.25 Å². The van der Waals surface area contributed by atoms with Gasteiger partial charge in [-0.15, -0.1) is 4.89 Å². The van der Waals surface area contributed by atoms with Gasteiger partial charge in [-0.25, -0.2) is 15.0 Å². The summed E-state index contributed by atoms with van der Waals surface area (Å²) in [6, 6.07) is 0. The number of aliphatic hydroxyl groups excluding tert-OH is 2. The molecule has 23 heavy (non-hydrogen) atoms. The SMILES string of the molecule is Nc1ncnc2c1ncn2[C@@H]1O[C@H](CON[P+](=O)O)C(O)C1O. The van der Waals surface area contributed by atoms with Crippen LogP contribution in [0.1, 0.15) is 6.23 Å². The summed E-state index contributed by atoms with van der Waals surface area (Å²) in [5.74, 6) is 0.178. The smallest absolute Gasteiger partial charge is 0.387 e. The van der Waals surface area contributed by atoms with E-state index in [0.29, 0.717) is 11.2 Å². The number of hydrogen-bond acceptors (Lipinski definition) is 9. The van der Waals surface area contributed by atoms with E-state index in [9.17, 15) is 14.8 Å². The molecule has 0 aromatic carbocycles. The lowest BCUT2D eigenvalue weighted by Gasteiger charge is -2.16. The van der Waals surface area contributed by atoms with Gasteiger partial charge < -0.3 is 20.7 Å². The molecule has 1 aliphatic rings. The molecule has 6 N–H and O–H groups in total. The number of imidazole rings is 1. The maximum absolute atomic E-state index is 10.5. The Morgan fingerprint density at radius 2 is 2.17 bits per heavy atom. The second-order valence-corrected chi connectivity index (χ2v) is 5.53. The molecule has 0 saturated carbocycles. The van der Waals surface area contributed by atoms with Gasteiger partial charge in [-0.2, -0.15) is 0 Å². The molecular weight excluding hydrogens is 331 g/mol. The van der Waals surface area contributed by atoms with Crippen LogP contribution in [0.5, 0.6) is 0 Å². The normalized spacial score (nSPS) is 28.4. The van der Waals surface area contributed by atoms with Crippen molar-refractivity contribution in [1.82, 2.24) is 24.8 Å². The molecule has 0 spiro atoms. The van der Waals surface area contributed by atoms with Crippen LogP contribution in [0.3, 0.4) is 0 Å². The van der Waals surface area contributed by atoms with E-state index in [0.717, 1.165) is 0 Å². The predicted octanol–water partition coefficient (Wildman–Crippen LogP) is -1.80. The topological polar surface area (TPSA) is 178 Å². The Balaban J connectivity index is 1.80. The molecule has 1 aliphatic heterocycles. The minimum atomic E-state index is -2.69. The molecule has 0 amide bonds. The molecule has 124 valence electrons. The van der Waals surface area contributed by atoms with E-state index < -0.39 is 32.7 Å². The molecule has 2 aromatic heterocycles. The fourth-order valence-corrected chi connectivity index (χ4v) is 2.51. The highest BCUT2D eigenvalue weighted by Gasteiger charge is 2.44. The van der Waals surface area contributed by atoms with Crippen LogP contribution >= 0.6 is 8.18 Å². The summed E-state index contributed by atoms with van der Waals surface area (Å²) < 4.78 is 17.4. The zero-order valence-corrected chi connectivity index (χ0v) is 12.4. The summed E-state index contributed by atoms with van der Waals surface area (Å²) >= 11 is 0. The van der Waals surface area contributed by atoms with E-state index in [1.54, 1.807) is 0 Å². The molecule has 12 nitrogen and oxygen atoms in total. The zero-order valence-electron chi connectivity index (χ0n) is 11.6. The van der Waals surface area contributed by atoms with E-state index in [1.165, 1.54) is 17.2 Å². The van der Waals surface area contributed by atoms with Crippen LogP contribution in [-0.2, 0) is 14.1 Å². The Morgan fingerprint density at radius 1 is 1.39 bits per heavy atom. The quantitative estimate of drug-likeness (QED) is 0.305. The molecular formula is C10H14N6O6P+. The van der Waals surface area contributed by atoms with Crippen LogP contribution < -0.4 is 11.0 Å². The Bertz CT molecular complexity index is 727. The Labute approximate surface area is 129 Å². The summed E-state index contributed by atoms with van der Waals surface area (Å²) in [6.07, 6.45) is -1.83. The van der Waals surface area contributed by atoms with Crippen molar-refractivity contribution in [2.45, 2.75) is 24.5 Å². The molecule has 0 radical (unpaired) electrons. The Kier molecular flexibility index (Phi) is 4.46. The van der Waals surface area contributed by atoms with Crippen molar-refractivity contribution < 1.29 is 29.2 Å². The molecule has 1 fully saturated rings. The molecule has 3 unspecified atom stereocenters. The maximum atomic E-state index is 10.5. The number of aliphatic hydroxyl groups is 2. The van der Waals surface area contributed by atoms with E-state index in [4.69, 9.17) is 20.2 Å². The number of hydrogen-bond donors (Lipinski definition) is 5. The monoisotopic (exact) mass is 345 g/mol. The van der Waals surface area contributed by atoms with E-state index in [1.807, 2.05) is 5.25 Å². The van der Waals surface area contributed by atoms with Gasteiger partial charge in [-0.3, -0.25) is 9.40 Å². The van der Waals surface area contributed by atoms with Crippen LogP contribution in [0.15, 0.2) is 12.7 Å². The fraction of sp³-hybridized carbons (Fsp3) is 0.500. The lowest BCUT2D eigenvalue weighted by atomic mass is 10.1. The number of rotatable bonds is 5. The van der Waals surface area contributed by atoms with Gasteiger partial charge in [0.2, 0.25) is 0 Å². The number of nitrogens with one attached hydrogen (secondary N) is 1. The second-order valence-electron chi connectivity index (χ2n) is 4.80. The number of fused-ring (bicyclic) bond motifs is 1. The molecule has 0 bridgehead atoms. The summed E-state index contributed by atoms with van der Waals surface area (Å²) in [5.41, 5.74) is 6.38. The van der Waals surface area contributed by atoms with Gasteiger partial charge >= 0.3 is 8.18 Å². The number of aromatic nitrogens is 4. The first-order chi connectivity index (χ1) is 11.0. The standard InChI is InChI=1S/C10H13N6O6P/c11-8-5-9(13-2-12-8)16(3-14-5)10-7(18)6(17)4(22-10)1-21-15-23(19)20/h2-4,6-7,10,17-18H,1H2,(H3-,11,12,13,15,19,20)/p+1/t4-,6?,7?,10-/m1/s1. The van der Waals surface area contributed by atoms with Crippen LogP contribution in [0.2, 0.25) is 0 Å². The van der Waals surface area contributed by atoms with E-state index in [-0.39, 0.29) is 12.4 Å². The zero-order chi connectivity index (χ0) is 16.6. The summed E-state index contributed by atoms with van der Waals surface area (Å²) in [7, 11) is -2.69. The number of nitrogen functional groups attached to an aromatic ring is 1. The number of nitrogens with two attached hydrogens (primary N) is 1. The molecule has 3 heterocycles. The molecule has 13 heteroatoms. The van der Waals surface area contributed by atoms with Crippen molar-refractivity contribution >= 4 is 25.2 Å². The summed E-state index contributed by atoms with van der Waals surface area (Å²) in [6.45, 7) is -0.250. The van der Waals surface area contributed by atoms with Gasteiger partial charge in [0.05, 0.1) is 6.33 Å². The highest BCUT2D eigenvalue weighted by atomic mass is 31.1. The molecule has 0 aliphatic carbocycles. The average Bonchev–Trinajstić information content (AvgIpc) is 3.04. The highest BCUT2D eigenvalue weighted by Crippen LogP contribution is 2.32. The third-order valence-electron chi connectivity index (χ3n) is 3.39. The van der Waals surface area contributed by atoms with Crippen molar-refractivity contribution in [3.8, 4) is 0 Å². The van der Waals surface area contributed by atoms with Crippen LogP contribution in [0, 0.1) is 0 Å². The summed E-state index contributed by atoms with van der Waals surface area (Å²) in [4.78, 5) is 25.2. The van der Waals surface area contributed by atoms with Crippen molar-refractivity contribution in [3.05, 3.63) is 12.7 Å². The fourth-order valence-electron chi connectivity index (χ4n) is 2.33. The third-order valence-corrected chi connectivity index (χ3v) is 3.67. The Morgan fingerprint density at radius 3 is 2.91 bits per heavy atom. The number of nitrogens with zero attached hydrogens (tertiary/aromatic N) is 4. The largest absolute Gasteiger partial charge is 0.636 e. The molecule has 3 rings (SSSR count). The molecule has 5 atom stereocenters. The first-order valence-corrected chi connectivity index (χ1v) is 7.68. The van der Waals surface area contributed by atoms with Crippen LogP contribution in [0.25, 0.3) is 11.2 Å². The predicted molar refractivity (Wildman–Crippen MR) is 74.6 cm³/mol. The van der Waals surface area contributed by atoms with Crippen molar-refractivity contribution in [2.24, 2.45) is 0 Å². The van der Waals surface area contributed by atoms with Gasteiger partial charge in [-0.05, 0) is 4.57 Å². The number of ether oxygens (including phenoxy) is 1. The first-order valence-electron chi connectivity index (χ1n) is 6.47. The lowest BCUT2D eigenvalue weighted by molar-refractivity contribution is -0.0744. The molecule has 2 aromatic rings. The first kappa shape index (κ1) is 16.1. The summed E-state index contributed by atoms with van der Waals surface area (Å²) in [5, 5.41) is 22.0. The van der Waals surface area contributed by atoms with Crippen LogP contribution in [0.4, 0.5) is 5.82 Å². The number of anilines is 1. The van der Waals surface area contributed by atoms with E-state index >= 15 is 0 Å². The van der Waals surface area contributed by atoms with Gasteiger partial charge in [-0.1, -0.05) is 0 Å². The van der Waals surface area contributed by atoms with Crippen molar-refractivity contribution in [1.29, 1.82) is 0 Å². The average molecular weight is 345 g/mol. The van der Waals surface area contributed by atoms with Gasteiger partial charge in [0.15, 0.2) is 17.7 Å². The lowest BCUT2D eigenvalue weighted by Crippen LogP contribution is -2.34. The minimum Gasteiger partial charge on any atom is -0.387 e. The second kappa shape index (κ2) is 6.37. The van der Waals surface area contributed by atoms with Gasteiger partial charge in [0.1, 0.15) is 36.8 Å². The van der Waals surface area contributed by atoms with Crippen molar-refractivity contribution in [2.75, 3.05) is 12.3 Å². The third kappa shape index (κ3) is 3.01. The van der Waals surface area contributed by atoms with E-state index in [2.05, 4.69) is 15.0 Å². The minimum absolute atomic E-state index is 0.178. The van der Waals surface area contributed by atoms with Crippen LogP contribution in [-0.4, -0.2) is 59.5 Å². The highest BCUT2D eigenvalue weighted by molar-refractivity contribution is 7.35.